The predicted molar refractivity (Wildman–Crippen MR) is 61.7 cm³/mol. The number of amides is 2. The Morgan fingerprint density at radius 2 is 1.88 bits per heavy atom. The van der Waals surface area contributed by atoms with Gasteiger partial charge in [-0.05, 0) is 24.1 Å². The van der Waals surface area contributed by atoms with Gasteiger partial charge in [0.25, 0.3) is 5.91 Å². The van der Waals surface area contributed by atoms with Crippen LogP contribution in [0.25, 0.3) is 0 Å². The summed E-state index contributed by atoms with van der Waals surface area (Å²) >= 11 is 0. The van der Waals surface area contributed by atoms with Gasteiger partial charge in [0.15, 0.2) is 0 Å². The van der Waals surface area contributed by atoms with E-state index >= 15 is 0 Å². The lowest BCUT2D eigenvalue weighted by atomic mass is 10.1. The van der Waals surface area contributed by atoms with E-state index in [-0.39, 0.29) is 11.7 Å². The van der Waals surface area contributed by atoms with Gasteiger partial charge in [0.05, 0.1) is 6.04 Å². The van der Waals surface area contributed by atoms with Crippen LogP contribution in [0.5, 0.6) is 5.75 Å². The Labute approximate surface area is 98.8 Å². The minimum absolute atomic E-state index is 0.157. The van der Waals surface area contributed by atoms with E-state index in [1.807, 2.05) is 0 Å². The van der Waals surface area contributed by atoms with Gasteiger partial charge in [-0.3, -0.25) is 20.4 Å². The number of nitrogens with two attached hydrogens (primary N) is 1. The van der Waals surface area contributed by atoms with Crippen LogP contribution in [-0.2, 0) is 16.0 Å². The molecular formula is C11H15N3O3. The molecule has 0 heterocycles. The molecular weight excluding hydrogens is 222 g/mol. The summed E-state index contributed by atoms with van der Waals surface area (Å²) < 4.78 is 0. The first-order valence-corrected chi connectivity index (χ1v) is 5.09. The molecule has 0 aliphatic carbocycles. The van der Waals surface area contributed by atoms with E-state index in [1.54, 1.807) is 12.1 Å². The molecule has 1 aromatic carbocycles. The van der Waals surface area contributed by atoms with Crippen LogP contribution in [0.4, 0.5) is 0 Å². The van der Waals surface area contributed by atoms with Gasteiger partial charge >= 0.3 is 0 Å². The Morgan fingerprint density at radius 3 is 2.41 bits per heavy atom. The minimum atomic E-state index is -0.758. The molecule has 17 heavy (non-hydrogen) atoms. The Morgan fingerprint density at radius 1 is 1.29 bits per heavy atom. The lowest BCUT2D eigenvalue weighted by Crippen LogP contribution is -2.49. The van der Waals surface area contributed by atoms with E-state index in [0.29, 0.717) is 6.42 Å². The van der Waals surface area contributed by atoms with Gasteiger partial charge < -0.3 is 10.8 Å². The third-order valence-electron chi connectivity index (χ3n) is 2.09. The molecule has 0 aliphatic rings. The van der Waals surface area contributed by atoms with E-state index in [9.17, 15) is 9.59 Å². The average Bonchev–Trinajstić information content (AvgIpc) is 2.28. The van der Waals surface area contributed by atoms with Gasteiger partial charge in [0, 0.05) is 6.92 Å². The van der Waals surface area contributed by atoms with Crippen molar-refractivity contribution < 1.29 is 14.7 Å². The molecule has 92 valence electrons. The molecule has 5 N–H and O–H groups in total. The molecule has 0 spiro atoms. The highest BCUT2D eigenvalue weighted by Gasteiger charge is 2.13. The molecule has 0 saturated carbocycles. The number of phenols is 1. The first-order valence-electron chi connectivity index (χ1n) is 5.09. The van der Waals surface area contributed by atoms with Crippen molar-refractivity contribution in [3.8, 4) is 5.75 Å². The molecule has 0 saturated heterocycles. The lowest BCUT2D eigenvalue weighted by molar-refractivity contribution is -0.128. The van der Waals surface area contributed by atoms with Gasteiger partial charge in [-0.1, -0.05) is 12.1 Å². The smallest absolute Gasteiger partial charge is 0.255 e. The zero-order chi connectivity index (χ0) is 12.8. The van der Waals surface area contributed by atoms with Crippen LogP contribution in [0.1, 0.15) is 12.5 Å². The number of carbonyl (C=O) groups is 2. The van der Waals surface area contributed by atoms with Crippen molar-refractivity contribution in [2.24, 2.45) is 5.73 Å². The van der Waals surface area contributed by atoms with Crippen LogP contribution >= 0.6 is 0 Å². The zero-order valence-electron chi connectivity index (χ0n) is 9.43. The fourth-order valence-corrected chi connectivity index (χ4v) is 1.22. The number of rotatable bonds is 3. The maximum Gasteiger partial charge on any atom is 0.255 e. The quantitative estimate of drug-likeness (QED) is 0.528. The van der Waals surface area contributed by atoms with Crippen molar-refractivity contribution in [3.63, 3.8) is 0 Å². The Bertz CT molecular complexity index is 403. The highest BCUT2D eigenvalue weighted by molar-refractivity contribution is 5.84. The average molecular weight is 237 g/mol. The van der Waals surface area contributed by atoms with E-state index in [1.165, 1.54) is 19.1 Å². The standard InChI is InChI=1S/C11H15N3O3/c1-7(15)13-14-11(17)10(12)6-8-2-4-9(16)5-3-8/h2-5,10,16H,6,12H2,1H3,(H,13,15)(H,14,17)/t10-/m0/s1. The Balaban J connectivity index is 2.48. The number of benzene rings is 1. The summed E-state index contributed by atoms with van der Waals surface area (Å²) in [5.74, 6) is -0.673. The van der Waals surface area contributed by atoms with E-state index in [0.717, 1.165) is 5.56 Å². The highest BCUT2D eigenvalue weighted by Crippen LogP contribution is 2.10. The van der Waals surface area contributed by atoms with Gasteiger partial charge in [-0.15, -0.1) is 0 Å². The molecule has 0 unspecified atom stereocenters. The molecule has 6 nitrogen and oxygen atoms in total. The second kappa shape index (κ2) is 5.86. The molecule has 1 atom stereocenters. The van der Waals surface area contributed by atoms with Crippen molar-refractivity contribution in [2.75, 3.05) is 0 Å². The number of aromatic hydroxyl groups is 1. The topological polar surface area (TPSA) is 104 Å². The maximum absolute atomic E-state index is 11.4. The van der Waals surface area contributed by atoms with Crippen LogP contribution in [0.15, 0.2) is 24.3 Å². The van der Waals surface area contributed by atoms with Crippen LogP contribution in [0.2, 0.25) is 0 Å². The van der Waals surface area contributed by atoms with E-state index < -0.39 is 11.9 Å². The number of phenolic OH excluding ortho intramolecular Hbond substituents is 1. The Kier molecular flexibility index (Phi) is 4.47. The molecule has 0 aliphatic heterocycles. The number of hydrogen-bond donors (Lipinski definition) is 4. The summed E-state index contributed by atoms with van der Waals surface area (Å²) in [6, 6.07) is 5.65. The van der Waals surface area contributed by atoms with E-state index in [4.69, 9.17) is 10.8 Å². The Hall–Kier alpha value is -2.08. The molecule has 0 fully saturated rings. The SMILES string of the molecule is CC(=O)NNC(=O)[C@@H](N)Cc1ccc(O)cc1. The summed E-state index contributed by atoms with van der Waals surface area (Å²) in [6.07, 6.45) is 0.325. The van der Waals surface area contributed by atoms with Crippen molar-refractivity contribution in [2.45, 2.75) is 19.4 Å². The monoisotopic (exact) mass is 237 g/mol. The van der Waals surface area contributed by atoms with Crippen molar-refractivity contribution >= 4 is 11.8 Å². The fraction of sp³-hybridized carbons (Fsp3) is 0.273. The second-order valence-electron chi connectivity index (χ2n) is 3.65. The largest absolute Gasteiger partial charge is 0.508 e. The number of carbonyl (C=O) groups excluding carboxylic acids is 2. The molecule has 0 aromatic heterocycles. The van der Waals surface area contributed by atoms with Crippen LogP contribution in [0.3, 0.4) is 0 Å². The lowest BCUT2D eigenvalue weighted by Gasteiger charge is -2.12. The summed E-state index contributed by atoms with van der Waals surface area (Å²) in [5, 5.41) is 9.09. The number of hydrogen-bond acceptors (Lipinski definition) is 4. The van der Waals surface area contributed by atoms with Gasteiger partial charge in [0.1, 0.15) is 5.75 Å². The minimum Gasteiger partial charge on any atom is -0.508 e. The van der Waals surface area contributed by atoms with Crippen LogP contribution in [-0.4, -0.2) is 23.0 Å². The van der Waals surface area contributed by atoms with Crippen molar-refractivity contribution in [1.29, 1.82) is 0 Å². The van der Waals surface area contributed by atoms with Gasteiger partial charge in [-0.2, -0.15) is 0 Å². The van der Waals surface area contributed by atoms with Crippen LogP contribution in [0, 0.1) is 0 Å². The summed E-state index contributed by atoms with van der Waals surface area (Å²) in [5.41, 5.74) is 10.8. The predicted octanol–water partition coefficient (Wildman–Crippen LogP) is -0.571. The van der Waals surface area contributed by atoms with Gasteiger partial charge in [-0.25, -0.2) is 0 Å². The fourth-order valence-electron chi connectivity index (χ4n) is 1.22. The number of hydrazine groups is 1. The molecule has 1 aromatic rings. The molecule has 0 bridgehead atoms. The first-order chi connectivity index (χ1) is 7.99. The van der Waals surface area contributed by atoms with Gasteiger partial charge in [0.2, 0.25) is 5.91 Å². The summed E-state index contributed by atoms with van der Waals surface area (Å²) in [6.45, 7) is 1.28. The molecule has 2 amide bonds. The summed E-state index contributed by atoms with van der Waals surface area (Å²) in [7, 11) is 0. The third kappa shape index (κ3) is 4.52. The second-order valence-corrected chi connectivity index (χ2v) is 3.65. The first kappa shape index (κ1) is 13.0. The highest BCUT2D eigenvalue weighted by atomic mass is 16.3. The number of nitrogens with one attached hydrogen (secondary N) is 2. The maximum atomic E-state index is 11.4. The summed E-state index contributed by atoms with van der Waals surface area (Å²) in [4.78, 5) is 22.0. The normalized spacial score (nSPS) is 11.6. The zero-order valence-corrected chi connectivity index (χ0v) is 9.43. The molecule has 0 radical (unpaired) electrons. The third-order valence-corrected chi connectivity index (χ3v) is 2.09. The van der Waals surface area contributed by atoms with Crippen molar-refractivity contribution in [3.05, 3.63) is 29.8 Å². The van der Waals surface area contributed by atoms with E-state index in [2.05, 4.69) is 10.9 Å². The van der Waals surface area contributed by atoms with Crippen molar-refractivity contribution in [1.82, 2.24) is 10.9 Å². The molecule has 1 rings (SSSR count). The molecule has 6 heteroatoms. The van der Waals surface area contributed by atoms with Crippen LogP contribution < -0.4 is 16.6 Å².